The molecule has 1 aliphatic rings. The van der Waals surface area contributed by atoms with Crippen molar-refractivity contribution in [3.05, 3.63) is 49.8 Å². The molecular weight excluding hydrogens is 304 g/mol. The number of hydrogen-bond acceptors (Lipinski definition) is 2. The second-order valence-corrected chi connectivity index (χ2v) is 5.87. The van der Waals surface area contributed by atoms with Crippen molar-refractivity contribution in [2.24, 2.45) is 0 Å². The zero-order chi connectivity index (χ0) is 13.4. The van der Waals surface area contributed by atoms with Crippen molar-refractivity contribution >= 4 is 15.9 Å². The van der Waals surface area contributed by atoms with E-state index in [9.17, 15) is 4.79 Å². The van der Waals surface area contributed by atoms with Gasteiger partial charge in [0.05, 0.1) is 5.69 Å². The number of hydrogen-bond donors (Lipinski definition) is 1. The van der Waals surface area contributed by atoms with E-state index in [1.54, 1.807) is 0 Å². The number of aromatic nitrogens is 2. The minimum Gasteiger partial charge on any atom is -0.306 e. The van der Waals surface area contributed by atoms with E-state index in [0.29, 0.717) is 5.82 Å². The van der Waals surface area contributed by atoms with Crippen LogP contribution in [0.1, 0.15) is 29.7 Å². The average Bonchev–Trinajstić information content (AvgIpc) is 2.42. The Hall–Kier alpha value is -1.42. The van der Waals surface area contributed by atoms with Crippen molar-refractivity contribution in [3.8, 4) is 11.4 Å². The molecule has 1 N–H and O–H groups in total. The van der Waals surface area contributed by atoms with Crippen molar-refractivity contribution in [1.29, 1.82) is 0 Å². The highest BCUT2D eigenvalue weighted by Crippen LogP contribution is 2.24. The lowest BCUT2D eigenvalue weighted by Crippen LogP contribution is -2.21. The molecule has 1 aromatic carbocycles. The molecule has 0 saturated carbocycles. The van der Waals surface area contributed by atoms with Gasteiger partial charge in [0.1, 0.15) is 5.82 Å². The van der Waals surface area contributed by atoms with Gasteiger partial charge >= 0.3 is 0 Å². The summed E-state index contributed by atoms with van der Waals surface area (Å²) in [6.45, 7) is 2.04. The molecule has 3 rings (SSSR count). The fourth-order valence-corrected chi connectivity index (χ4v) is 2.86. The third-order valence-electron chi connectivity index (χ3n) is 3.64. The molecule has 0 fully saturated rings. The highest BCUT2D eigenvalue weighted by molar-refractivity contribution is 9.10. The molecule has 0 saturated heterocycles. The summed E-state index contributed by atoms with van der Waals surface area (Å²) in [4.78, 5) is 19.7. The second kappa shape index (κ2) is 4.93. The number of nitrogens with zero attached hydrogens (tertiary/aromatic N) is 1. The fraction of sp³-hybridized carbons (Fsp3) is 0.333. The van der Waals surface area contributed by atoms with Gasteiger partial charge in [-0.25, -0.2) is 4.98 Å². The molecule has 0 amide bonds. The lowest BCUT2D eigenvalue weighted by Gasteiger charge is -2.14. The molecule has 1 aromatic heterocycles. The Morgan fingerprint density at radius 3 is 2.84 bits per heavy atom. The predicted octanol–water partition coefficient (Wildman–Crippen LogP) is 3.39. The van der Waals surface area contributed by atoms with Gasteiger partial charge in [-0.3, -0.25) is 4.79 Å². The Labute approximate surface area is 120 Å². The van der Waals surface area contributed by atoms with Crippen LogP contribution in [0.5, 0.6) is 0 Å². The normalized spacial score (nSPS) is 14.2. The maximum atomic E-state index is 12.1. The number of rotatable bonds is 1. The molecule has 1 aliphatic carbocycles. The maximum Gasteiger partial charge on any atom is 0.254 e. The minimum absolute atomic E-state index is 0.0244. The third-order valence-corrected chi connectivity index (χ3v) is 4.49. The van der Waals surface area contributed by atoms with Gasteiger partial charge < -0.3 is 4.98 Å². The zero-order valence-corrected chi connectivity index (χ0v) is 12.4. The molecule has 2 aromatic rings. The molecule has 0 spiro atoms. The van der Waals surface area contributed by atoms with Crippen molar-refractivity contribution in [1.82, 2.24) is 9.97 Å². The fourth-order valence-electron chi connectivity index (χ4n) is 2.48. The third kappa shape index (κ3) is 2.37. The summed E-state index contributed by atoms with van der Waals surface area (Å²) in [6.07, 6.45) is 3.99. The molecule has 0 unspecified atom stereocenters. The van der Waals surface area contributed by atoms with Crippen LogP contribution in [0.3, 0.4) is 0 Å². The summed E-state index contributed by atoms with van der Waals surface area (Å²) >= 11 is 3.52. The molecule has 3 nitrogen and oxygen atoms in total. The number of aromatic amines is 1. The van der Waals surface area contributed by atoms with Gasteiger partial charge in [-0.1, -0.05) is 28.1 Å². The molecule has 1 heterocycles. The topological polar surface area (TPSA) is 45.8 Å². The monoisotopic (exact) mass is 318 g/mol. The smallest absolute Gasteiger partial charge is 0.254 e. The van der Waals surface area contributed by atoms with Crippen LogP contribution in [0.15, 0.2) is 27.5 Å². The van der Waals surface area contributed by atoms with E-state index in [2.05, 4.69) is 25.9 Å². The van der Waals surface area contributed by atoms with Crippen LogP contribution in [0.2, 0.25) is 0 Å². The van der Waals surface area contributed by atoms with Crippen molar-refractivity contribution in [2.75, 3.05) is 0 Å². The predicted molar refractivity (Wildman–Crippen MR) is 79.4 cm³/mol. The molecule has 0 atom stereocenters. The van der Waals surface area contributed by atoms with Crippen molar-refractivity contribution in [2.45, 2.75) is 32.6 Å². The number of nitrogens with one attached hydrogen (secondary N) is 1. The second-order valence-electron chi connectivity index (χ2n) is 5.01. The van der Waals surface area contributed by atoms with Crippen LogP contribution < -0.4 is 5.56 Å². The van der Waals surface area contributed by atoms with Crippen LogP contribution in [0, 0.1) is 6.92 Å². The number of benzene rings is 1. The summed E-state index contributed by atoms with van der Waals surface area (Å²) in [5.41, 5.74) is 3.99. The van der Waals surface area contributed by atoms with Crippen LogP contribution >= 0.6 is 15.9 Å². The first-order valence-corrected chi connectivity index (χ1v) is 7.33. The van der Waals surface area contributed by atoms with Gasteiger partial charge in [0.15, 0.2) is 0 Å². The zero-order valence-electron chi connectivity index (χ0n) is 10.8. The Balaban J connectivity index is 2.12. The molecule has 0 aliphatic heterocycles. The number of H-pyrrole nitrogens is 1. The number of halogens is 1. The summed E-state index contributed by atoms with van der Waals surface area (Å²) in [6, 6.07) is 6.02. The summed E-state index contributed by atoms with van der Waals surface area (Å²) in [5.74, 6) is 0.673. The van der Waals surface area contributed by atoms with Gasteiger partial charge in [0.25, 0.3) is 5.56 Å². The van der Waals surface area contributed by atoms with E-state index in [1.807, 2.05) is 25.1 Å². The molecule has 19 heavy (non-hydrogen) atoms. The van der Waals surface area contributed by atoms with Crippen LogP contribution in [-0.4, -0.2) is 9.97 Å². The Bertz CT molecular complexity index is 691. The van der Waals surface area contributed by atoms with Crippen molar-refractivity contribution < 1.29 is 0 Å². The van der Waals surface area contributed by atoms with Crippen LogP contribution in [0.25, 0.3) is 11.4 Å². The quantitative estimate of drug-likeness (QED) is 0.876. The summed E-state index contributed by atoms with van der Waals surface area (Å²) in [7, 11) is 0. The first-order chi connectivity index (χ1) is 9.15. The largest absolute Gasteiger partial charge is 0.306 e. The summed E-state index contributed by atoms with van der Waals surface area (Å²) in [5, 5.41) is 0. The summed E-state index contributed by atoms with van der Waals surface area (Å²) < 4.78 is 1.03. The highest BCUT2D eigenvalue weighted by atomic mass is 79.9. The van der Waals surface area contributed by atoms with E-state index >= 15 is 0 Å². The van der Waals surface area contributed by atoms with E-state index in [1.165, 1.54) is 5.56 Å². The lowest BCUT2D eigenvalue weighted by molar-refractivity contribution is 0.657. The Morgan fingerprint density at radius 1 is 1.26 bits per heavy atom. The number of fused-ring (bicyclic) bond motifs is 1. The van der Waals surface area contributed by atoms with Crippen LogP contribution in [0.4, 0.5) is 0 Å². The SMILES string of the molecule is Cc1ccc(-c2nc3c(c(=O)[nH]2)CCCC3)cc1Br. The first-order valence-electron chi connectivity index (χ1n) is 6.54. The van der Waals surface area contributed by atoms with E-state index < -0.39 is 0 Å². The van der Waals surface area contributed by atoms with Gasteiger partial charge in [-0.05, 0) is 44.2 Å². The standard InChI is InChI=1S/C15H15BrN2O/c1-9-6-7-10(8-12(9)16)14-17-13-5-3-2-4-11(13)15(19)18-14/h6-8H,2-5H2,1H3,(H,17,18,19). The highest BCUT2D eigenvalue weighted by Gasteiger charge is 2.16. The molecule has 98 valence electrons. The minimum atomic E-state index is 0.0244. The van der Waals surface area contributed by atoms with Gasteiger partial charge in [-0.15, -0.1) is 0 Å². The average molecular weight is 319 g/mol. The van der Waals surface area contributed by atoms with Crippen molar-refractivity contribution in [3.63, 3.8) is 0 Å². The number of aryl methyl sites for hydroxylation is 2. The van der Waals surface area contributed by atoms with E-state index in [4.69, 9.17) is 0 Å². The van der Waals surface area contributed by atoms with E-state index in [0.717, 1.165) is 47.0 Å². The van der Waals surface area contributed by atoms with Gasteiger partial charge in [-0.2, -0.15) is 0 Å². The van der Waals surface area contributed by atoms with Gasteiger partial charge in [0, 0.05) is 15.6 Å². The Kier molecular flexibility index (Phi) is 3.27. The van der Waals surface area contributed by atoms with E-state index in [-0.39, 0.29) is 5.56 Å². The van der Waals surface area contributed by atoms with Crippen LogP contribution in [-0.2, 0) is 12.8 Å². The molecule has 4 heteroatoms. The first kappa shape index (κ1) is 12.6. The Morgan fingerprint density at radius 2 is 2.05 bits per heavy atom. The maximum absolute atomic E-state index is 12.1. The molecule has 0 radical (unpaired) electrons. The van der Waals surface area contributed by atoms with Gasteiger partial charge in [0.2, 0.25) is 0 Å². The molecular formula is C15H15BrN2O. The lowest BCUT2D eigenvalue weighted by atomic mass is 9.97. The molecule has 0 bridgehead atoms.